The highest BCUT2D eigenvalue weighted by Gasteiger charge is 2.51. The molecule has 1 N–H and O–H groups in total. The zero-order valence-electron chi connectivity index (χ0n) is 6.19. The Balaban J connectivity index is 2.35. The summed E-state index contributed by atoms with van der Waals surface area (Å²) in [5.74, 6) is -0.563. The first-order valence-corrected chi connectivity index (χ1v) is 3.48. The first-order valence-electron chi connectivity index (χ1n) is 3.48. The van der Waals surface area contributed by atoms with Crippen LogP contribution in [0.2, 0.25) is 0 Å². The van der Waals surface area contributed by atoms with Crippen LogP contribution >= 0.6 is 0 Å². The van der Waals surface area contributed by atoms with Gasteiger partial charge in [0.05, 0.1) is 19.4 Å². The van der Waals surface area contributed by atoms with Gasteiger partial charge in [0.15, 0.2) is 11.2 Å². The third-order valence-electron chi connectivity index (χ3n) is 2.02. The summed E-state index contributed by atoms with van der Waals surface area (Å²) >= 11 is 0. The van der Waals surface area contributed by atoms with Gasteiger partial charge in [-0.05, 0) is 0 Å². The summed E-state index contributed by atoms with van der Waals surface area (Å²) in [5.41, 5.74) is -0.990. The molecule has 0 saturated carbocycles. The quantitative estimate of drug-likeness (QED) is 0.676. The van der Waals surface area contributed by atoms with Crippen LogP contribution in [-0.4, -0.2) is 29.4 Å². The molecule has 2 rings (SSSR count). The van der Waals surface area contributed by atoms with Crippen LogP contribution in [0.4, 0.5) is 0 Å². The highest BCUT2D eigenvalue weighted by Crippen LogP contribution is 2.32. The monoisotopic (exact) mass is 169 g/mol. The molecule has 5 heteroatoms. The summed E-state index contributed by atoms with van der Waals surface area (Å²) < 4.78 is 9.65. The van der Waals surface area contributed by atoms with E-state index in [4.69, 9.17) is 14.4 Å². The molecule has 12 heavy (non-hydrogen) atoms. The number of aliphatic carboxylic acids is 1. The smallest absolute Gasteiger partial charge is 0.322 e. The minimum absolute atomic E-state index is 0.164. The van der Waals surface area contributed by atoms with Crippen LogP contribution in [0.15, 0.2) is 16.8 Å². The van der Waals surface area contributed by atoms with Crippen LogP contribution < -0.4 is 0 Å². The summed E-state index contributed by atoms with van der Waals surface area (Å²) in [4.78, 5) is 10.8. The first-order chi connectivity index (χ1) is 5.76. The Morgan fingerprint density at radius 1 is 1.67 bits per heavy atom. The Kier molecular flexibility index (Phi) is 1.41. The van der Waals surface area contributed by atoms with Gasteiger partial charge in [0.25, 0.3) is 0 Å². The maximum atomic E-state index is 10.8. The maximum Gasteiger partial charge on any atom is 0.322 e. The SMILES string of the molecule is O=C(O)C1(c2ccno2)COC1. The summed E-state index contributed by atoms with van der Waals surface area (Å²) in [5, 5.41) is 12.3. The number of carbonyl (C=O) groups is 1. The van der Waals surface area contributed by atoms with Crippen molar-refractivity contribution in [3.05, 3.63) is 18.0 Å². The Morgan fingerprint density at radius 3 is 2.75 bits per heavy atom. The number of carboxylic acid groups (broad SMARTS) is 1. The summed E-state index contributed by atoms with van der Waals surface area (Å²) in [6, 6.07) is 1.55. The minimum atomic E-state index is -0.990. The van der Waals surface area contributed by atoms with Gasteiger partial charge < -0.3 is 14.4 Å². The molecular formula is C7H7NO4. The molecule has 1 aliphatic rings. The predicted molar refractivity (Wildman–Crippen MR) is 36.6 cm³/mol. The van der Waals surface area contributed by atoms with Crippen molar-refractivity contribution in [3.63, 3.8) is 0 Å². The highest BCUT2D eigenvalue weighted by molar-refractivity contribution is 5.81. The average molecular weight is 169 g/mol. The molecule has 0 amide bonds. The van der Waals surface area contributed by atoms with E-state index in [-0.39, 0.29) is 13.2 Å². The minimum Gasteiger partial charge on any atom is -0.480 e. The van der Waals surface area contributed by atoms with Crippen LogP contribution in [0.1, 0.15) is 5.76 Å². The van der Waals surface area contributed by atoms with E-state index >= 15 is 0 Å². The predicted octanol–water partition coefficient (Wildman–Crippen LogP) is 0.0272. The third kappa shape index (κ3) is 0.767. The highest BCUT2D eigenvalue weighted by atomic mass is 16.5. The van der Waals surface area contributed by atoms with Gasteiger partial charge >= 0.3 is 5.97 Å². The Labute approximate surface area is 67.9 Å². The Bertz CT molecular complexity index is 288. The van der Waals surface area contributed by atoms with Crippen molar-refractivity contribution >= 4 is 5.97 Å². The van der Waals surface area contributed by atoms with Crippen LogP contribution in [0, 0.1) is 0 Å². The third-order valence-corrected chi connectivity index (χ3v) is 2.02. The molecule has 0 atom stereocenters. The van der Waals surface area contributed by atoms with Crippen molar-refractivity contribution in [3.8, 4) is 0 Å². The van der Waals surface area contributed by atoms with Crippen molar-refractivity contribution < 1.29 is 19.2 Å². The number of hydrogen-bond donors (Lipinski definition) is 1. The topological polar surface area (TPSA) is 72.6 Å². The average Bonchev–Trinajstić information content (AvgIpc) is 2.35. The summed E-state index contributed by atoms with van der Waals surface area (Å²) in [6.45, 7) is 0.328. The molecule has 1 aromatic rings. The van der Waals surface area contributed by atoms with E-state index in [1.54, 1.807) is 6.07 Å². The van der Waals surface area contributed by atoms with Crippen LogP contribution in [0.25, 0.3) is 0 Å². The number of carboxylic acids is 1. The fourth-order valence-corrected chi connectivity index (χ4v) is 1.14. The summed E-state index contributed by atoms with van der Waals surface area (Å²) in [7, 11) is 0. The van der Waals surface area contributed by atoms with Crippen molar-refractivity contribution in [2.75, 3.05) is 13.2 Å². The number of hydrogen-bond acceptors (Lipinski definition) is 4. The molecule has 0 bridgehead atoms. The van der Waals surface area contributed by atoms with E-state index in [0.29, 0.717) is 5.76 Å². The van der Waals surface area contributed by atoms with Crippen LogP contribution in [-0.2, 0) is 14.9 Å². The lowest BCUT2D eigenvalue weighted by atomic mass is 9.83. The molecule has 1 aromatic heterocycles. The standard InChI is InChI=1S/C7H7NO4/c9-6(10)7(3-11-4-7)5-1-2-8-12-5/h1-2H,3-4H2,(H,9,10). The molecule has 0 spiro atoms. The Morgan fingerprint density at radius 2 is 2.42 bits per heavy atom. The lowest BCUT2D eigenvalue weighted by Crippen LogP contribution is -2.52. The zero-order chi connectivity index (χ0) is 8.60. The molecule has 2 heterocycles. The van der Waals surface area contributed by atoms with Crippen molar-refractivity contribution in [1.82, 2.24) is 5.16 Å². The maximum absolute atomic E-state index is 10.8. The van der Waals surface area contributed by atoms with Crippen molar-refractivity contribution in [2.24, 2.45) is 0 Å². The lowest BCUT2D eigenvalue weighted by molar-refractivity contribution is -0.165. The van der Waals surface area contributed by atoms with Gasteiger partial charge in [0.2, 0.25) is 0 Å². The molecule has 5 nitrogen and oxygen atoms in total. The number of rotatable bonds is 2. The zero-order valence-corrected chi connectivity index (χ0v) is 6.19. The number of aromatic nitrogens is 1. The van der Waals surface area contributed by atoms with Gasteiger partial charge in [0.1, 0.15) is 0 Å². The van der Waals surface area contributed by atoms with Gasteiger partial charge in [-0.1, -0.05) is 5.16 Å². The van der Waals surface area contributed by atoms with E-state index in [1.807, 2.05) is 0 Å². The van der Waals surface area contributed by atoms with E-state index in [1.165, 1.54) is 6.20 Å². The summed E-state index contributed by atoms with van der Waals surface area (Å²) in [6.07, 6.45) is 1.43. The molecule has 0 aliphatic carbocycles. The molecule has 64 valence electrons. The molecule has 1 saturated heterocycles. The van der Waals surface area contributed by atoms with E-state index in [2.05, 4.69) is 5.16 Å². The van der Waals surface area contributed by atoms with Crippen molar-refractivity contribution in [2.45, 2.75) is 5.41 Å². The van der Waals surface area contributed by atoms with E-state index in [9.17, 15) is 4.79 Å². The van der Waals surface area contributed by atoms with Gasteiger partial charge in [-0.3, -0.25) is 4.79 Å². The van der Waals surface area contributed by atoms with Crippen LogP contribution in [0.5, 0.6) is 0 Å². The molecule has 0 radical (unpaired) electrons. The molecular weight excluding hydrogens is 162 g/mol. The fourth-order valence-electron chi connectivity index (χ4n) is 1.14. The molecule has 1 aliphatic heterocycles. The first kappa shape index (κ1) is 7.30. The van der Waals surface area contributed by atoms with Gasteiger partial charge in [-0.15, -0.1) is 0 Å². The second-order valence-electron chi connectivity index (χ2n) is 2.76. The Hall–Kier alpha value is -1.36. The largest absolute Gasteiger partial charge is 0.480 e. The second-order valence-corrected chi connectivity index (χ2v) is 2.76. The van der Waals surface area contributed by atoms with Crippen molar-refractivity contribution in [1.29, 1.82) is 0 Å². The fraction of sp³-hybridized carbons (Fsp3) is 0.429. The van der Waals surface area contributed by atoms with E-state index in [0.717, 1.165) is 0 Å². The molecule has 0 unspecified atom stereocenters. The second kappa shape index (κ2) is 2.31. The number of nitrogens with zero attached hydrogens (tertiary/aromatic N) is 1. The van der Waals surface area contributed by atoms with Crippen LogP contribution in [0.3, 0.4) is 0 Å². The van der Waals surface area contributed by atoms with Gasteiger partial charge in [-0.25, -0.2) is 0 Å². The normalized spacial score (nSPS) is 20.0. The number of ether oxygens (including phenoxy) is 1. The van der Waals surface area contributed by atoms with Gasteiger partial charge in [-0.2, -0.15) is 0 Å². The molecule has 0 aromatic carbocycles. The van der Waals surface area contributed by atoms with Gasteiger partial charge in [0, 0.05) is 6.07 Å². The lowest BCUT2D eigenvalue weighted by Gasteiger charge is -2.34. The van der Waals surface area contributed by atoms with E-state index < -0.39 is 11.4 Å². The molecule has 1 fully saturated rings.